The van der Waals surface area contributed by atoms with Gasteiger partial charge in [-0.25, -0.2) is 0 Å². The van der Waals surface area contributed by atoms with E-state index in [-0.39, 0.29) is 31.1 Å². The summed E-state index contributed by atoms with van der Waals surface area (Å²) in [6.07, 6.45) is 97.1. The number of carbonyl (C=O) groups is 3. The van der Waals surface area contributed by atoms with Gasteiger partial charge in [-0.3, -0.25) is 14.4 Å². The highest BCUT2D eigenvalue weighted by Gasteiger charge is 2.19. The second-order valence-corrected chi connectivity index (χ2v) is 23.4. The molecule has 0 aromatic rings. The van der Waals surface area contributed by atoms with Crippen LogP contribution in [0.4, 0.5) is 0 Å². The number of rotatable bonds is 64. The maximum atomic E-state index is 12.9. The predicted molar refractivity (Wildman–Crippen MR) is 362 cm³/mol. The minimum atomic E-state index is -0.778. The number of hydrogen-bond donors (Lipinski definition) is 0. The molecule has 476 valence electrons. The molecule has 0 aromatic heterocycles. The van der Waals surface area contributed by atoms with Crippen molar-refractivity contribution in [3.8, 4) is 0 Å². The molecule has 0 aliphatic heterocycles. The number of hydrogen-bond acceptors (Lipinski definition) is 6. The first-order chi connectivity index (χ1) is 41.0. The molecule has 0 saturated heterocycles. The highest BCUT2D eigenvalue weighted by Crippen LogP contribution is 2.17. The zero-order valence-electron chi connectivity index (χ0n) is 54.7. The van der Waals surface area contributed by atoms with Crippen molar-refractivity contribution in [2.24, 2.45) is 0 Å². The quantitative estimate of drug-likeness (QED) is 0.0261. The lowest BCUT2D eigenvalue weighted by atomic mass is 10.0. The molecule has 1 atom stereocenters. The molecule has 83 heavy (non-hydrogen) atoms. The molecule has 0 N–H and O–H groups in total. The van der Waals surface area contributed by atoms with Gasteiger partial charge in [-0.05, 0) is 109 Å². The third-order valence-corrected chi connectivity index (χ3v) is 15.3. The molecular weight excluding hydrogens is 1020 g/mol. The Labute approximate surface area is 514 Å². The first kappa shape index (κ1) is 79.1. The van der Waals surface area contributed by atoms with Gasteiger partial charge in [-0.15, -0.1) is 0 Å². The van der Waals surface area contributed by atoms with Crippen molar-refractivity contribution in [2.45, 2.75) is 348 Å². The van der Waals surface area contributed by atoms with Crippen LogP contribution in [0.25, 0.3) is 0 Å². The number of esters is 3. The molecule has 6 heteroatoms. The van der Waals surface area contributed by atoms with Crippen LogP contribution in [0.3, 0.4) is 0 Å². The Morgan fingerprint density at radius 2 is 0.470 bits per heavy atom. The van der Waals surface area contributed by atoms with Crippen molar-refractivity contribution >= 4 is 17.9 Å². The van der Waals surface area contributed by atoms with Gasteiger partial charge in [0.1, 0.15) is 13.2 Å². The van der Waals surface area contributed by atoms with E-state index in [1.54, 1.807) is 0 Å². The van der Waals surface area contributed by atoms with Gasteiger partial charge >= 0.3 is 17.9 Å². The Balaban J connectivity index is 4.08. The lowest BCUT2D eigenvalue weighted by molar-refractivity contribution is -0.167. The zero-order chi connectivity index (χ0) is 59.9. The van der Waals surface area contributed by atoms with Crippen molar-refractivity contribution in [3.05, 3.63) is 109 Å². The van der Waals surface area contributed by atoms with E-state index in [4.69, 9.17) is 14.2 Å². The van der Waals surface area contributed by atoms with E-state index >= 15 is 0 Å². The van der Waals surface area contributed by atoms with E-state index in [0.717, 1.165) is 109 Å². The highest BCUT2D eigenvalue weighted by molar-refractivity contribution is 5.71. The fourth-order valence-electron chi connectivity index (χ4n) is 9.99. The summed E-state index contributed by atoms with van der Waals surface area (Å²) in [5.41, 5.74) is 0. The molecule has 6 nitrogen and oxygen atoms in total. The molecule has 0 aliphatic rings. The summed E-state index contributed by atoms with van der Waals surface area (Å²) in [5, 5.41) is 0. The topological polar surface area (TPSA) is 78.9 Å². The van der Waals surface area contributed by atoms with Crippen molar-refractivity contribution in [1.29, 1.82) is 0 Å². The normalized spacial score (nSPS) is 12.8. The molecule has 0 aromatic carbocycles. The third-order valence-electron chi connectivity index (χ3n) is 15.3. The molecule has 0 bridgehead atoms. The fourth-order valence-corrected chi connectivity index (χ4v) is 9.99. The fraction of sp³-hybridized carbons (Fsp3) is 0.727. The molecule has 0 spiro atoms. The van der Waals surface area contributed by atoms with Crippen LogP contribution in [0.2, 0.25) is 0 Å². The van der Waals surface area contributed by atoms with Crippen LogP contribution in [0, 0.1) is 0 Å². The Hall–Kier alpha value is -3.93. The first-order valence-corrected chi connectivity index (χ1v) is 35.4. The van der Waals surface area contributed by atoms with E-state index in [0.29, 0.717) is 19.3 Å². The van der Waals surface area contributed by atoms with Crippen LogP contribution in [-0.4, -0.2) is 37.2 Å². The van der Waals surface area contributed by atoms with Crippen LogP contribution < -0.4 is 0 Å². The molecule has 0 saturated carbocycles. The summed E-state index contributed by atoms with van der Waals surface area (Å²) >= 11 is 0. The first-order valence-electron chi connectivity index (χ1n) is 35.4. The average Bonchev–Trinajstić information content (AvgIpc) is 3.50. The van der Waals surface area contributed by atoms with Crippen molar-refractivity contribution < 1.29 is 28.6 Å². The summed E-state index contributed by atoms with van der Waals surface area (Å²) in [7, 11) is 0. The van der Waals surface area contributed by atoms with Crippen LogP contribution in [0.15, 0.2) is 109 Å². The Kier molecular flexibility index (Phi) is 67.2. The van der Waals surface area contributed by atoms with Gasteiger partial charge < -0.3 is 14.2 Å². The van der Waals surface area contributed by atoms with E-state index in [1.165, 1.54) is 193 Å². The van der Waals surface area contributed by atoms with Gasteiger partial charge in [-0.2, -0.15) is 0 Å². The van der Waals surface area contributed by atoms with Crippen molar-refractivity contribution in [1.82, 2.24) is 0 Å². The smallest absolute Gasteiger partial charge is 0.306 e. The number of ether oxygens (including phenoxy) is 3. The molecule has 0 aliphatic carbocycles. The molecule has 0 radical (unpaired) electrons. The molecular formula is C77H132O6. The van der Waals surface area contributed by atoms with Crippen LogP contribution in [-0.2, 0) is 28.6 Å². The van der Waals surface area contributed by atoms with Gasteiger partial charge in [0.15, 0.2) is 6.10 Å². The minimum absolute atomic E-state index is 0.0768. The Morgan fingerprint density at radius 3 is 0.735 bits per heavy atom. The second-order valence-electron chi connectivity index (χ2n) is 23.4. The minimum Gasteiger partial charge on any atom is -0.462 e. The van der Waals surface area contributed by atoms with Crippen molar-refractivity contribution in [2.75, 3.05) is 13.2 Å². The standard InChI is InChI=1S/C77H132O6/c1-4-7-10-13-16-18-20-22-24-26-28-30-32-34-35-36-37-38-39-40-41-43-44-46-48-50-52-54-56-58-61-64-67-70-76(79)82-73-74(72-81-75(78)69-66-63-60-15-12-9-6-3)83-77(80)71-68-65-62-59-57-55-53-51-49-47-45-42-33-31-29-27-25-23-21-19-17-14-11-8-5-2/h7,10,16,18,21-24,27-30,33-35,37-38,42,74H,4-6,8-9,11-15,17,19-20,25-26,31-32,36,39-41,43-73H2,1-3H3/b10-7-,18-16-,23-21-,24-22-,29-27-,30-28-,35-34-,38-37-,42-33-. The lowest BCUT2D eigenvalue weighted by Crippen LogP contribution is -2.30. The number of carbonyl (C=O) groups excluding carboxylic acids is 3. The Bertz CT molecular complexity index is 1660. The lowest BCUT2D eigenvalue weighted by Gasteiger charge is -2.18. The number of allylic oxidation sites excluding steroid dienone is 18. The van der Waals surface area contributed by atoms with Crippen LogP contribution in [0.1, 0.15) is 342 Å². The van der Waals surface area contributed by atoms with Gasteiger partial charge in [0, 0.05) is 19.3 Å². The molecule has 0 amide bonds. The van der Waals surface area contributed by atoms with Gasteiger partial charge in [-0.1, -0.05) is 323 Å². The molecule has 0 fully saturated rings. The zero-order valence-corrected chi connectivity index (χ0v) is 54.7. The van der Waals surface area contributed by atoms with Crippen LogP contribution in [0.5, 0.6) is 0 Å². The van der Waals surface area contributed by atoms with Crippen molar-refractivity contribution in [3.63, 3.8) is 0 Å². The summed E-state index contributed by atoms with van der Waals surface area (Å²) in [6, 6.07) is 0. The van der Waals surface area contributed by atoms with E-state index in [9.17, 15) is 14.4 Å². The Morgan fingerprint density at radius 1 is 0.253 bits per heavy atom. The second kappa shape index (κ2) is 70.6. The third kappa shape index (κ3) is 68.7. The van der Waals surface area contributed by atoms with Crippen LogP contribution >= 0.6 is 0 Å². The predicted octanol–water partition coefficient (Wildman–Crippen LogP) is 24.6. The largest absolute Gasteiger partial charge is 0.462 e. The maximum absolute atomic E-state index is 12.9. The summed E-state index contributed by atoms with van der Waals surface area (Å²) in [5.74, 6) is -0.876. The molecule has 0 heterocycles. The van der Waals surface area contributed by atoms with E-state index < -0.39 is 6.10 Å². The van der Waals surface area contributed by atoms with Gasteiger partial charge in [0.2, 0.25) is 0 Å². The van der Waals surface area contributed by atoms with E-state index in [2.05, 4.69) is 130 Å². The summed E-state index contributed by atoms with van der Waals surface area (Å²) in [4.78, 5) is 38.2. The van der Waals surface area contributed by atoms with Gasteiger partial charge in [0.25, 0.3) is 0 Å². The molecule has 0 rings (SSSR count). The average molecular weight is 1150 g/mol. The van der Waals surface area contributed by atoms with E-state index in [1.807, 2.05) is 0 Å². The monoisotopic (exact) mass is 1150 g/mol. The van der Waals surface area contributed by atoms with Gasteiger partial charge in [0.05, 0.1) is 0 Å². The SMILES string of the molecule is CC/C=C\C/C=C\C/C=C\C/C=C\C/C=C\C/C=C\CCCCCCCCCCCCCCCCC(=O)OCC(COC(=O)CCCCCCCCC)OC(=O)CCCCCCCCCCCC/C=C\C/C=C\C/C=C\CCCCCCC. The highest BCUT2D eigenvalue weighted by atomic mass is 16.6. The number of unbranched alkanes of at least 4 members (excludes halogenated alkanes) is 35. The molecule has 1 unspecified atom stereocenters. The summed E-state index contributed by atoms with van der Waals surface area (Å²) in [6.45, 7) is 6.50. The maximum Gasteiger partial charge on any atom is 0.306 e. The summed E-state index contributed by atoms with van der Waals surface area (Å²) < 4.78 is 16.9.